The van der Waals surface area contributed by atoms with Gasteiger partial charge in [-0.05, 0) is 37.8 Å². The first kappa shape index (κ1) is 23.1. The van der Waals surface area contributed by atoms with Gasteiger partial charge in [0, 0.05) is 18.7 Å². The molecule has 1 amide bonds. The molecule has 0 saturated carbocycles. The Morgan fingerprint density at radius 1 is 1.03 bits per heavy atom. The minimum Gasteiger partial charge on any atom is -0.469 e. The highest BCUT2D eigenvalue weighted by Crippen LogP contribution is 2.33. The van der Waals surface area contributed by atoms with Crippen molar-refractivity contribution >= 4 is 23.6 Å². The molecule has 0 aliphatic carbocycles. The second-order valence-corrected chi connectivity index (χ2v) is 9.28. The largest absolute Gasteiger partial charge is 0.469 e. The molecule has 1 aliphatic rings. The summed E-state index contributed by atoms with van der Waals surface area (Å²) in [5.41, 5.74) is 5.49. The summed E-state index contributed by atoms with van der Waals surface area (Å²) < 4.78 is 7.01. The highest BCUT2D eigenvalue weighted by atomic mass is 32.2. The molecule has 1 fully saturated rings. The molecule has 6 nitrogen and oxygen atoms in total. The molecule has 0 bridgehead atoms. The van der Waals surface area contributed by atoms with E-state index < -0.39 is 0 Å². The van der Waals surface area contributed by atoms with Crippen molar-refractivity contribution in [2.45, 2.75) is 31.8 Å². The van der Waals surface area contributed by atoms with Crippen LogP contribution in [-0.4, -0.2) is 52.3 Å². The minimum atomic E-state index is -0.180. The van der Waals surface area contributed by atoms with E-state index >= 15 is 0 Å². The number of hydrogen-bond acceptors (Lipinski definition) is 5. The lowest BCUT2D eigenvalue weighted by Gasteiger charge is -2.30. The van der Waals surface area contributed by atoms with Crippen molar-refractivity contribution in [3.8, 4) is 16.9 Å². The maximum Gasteiger partial charge on any atom is 0.308 e. The normalized spacial score (nSPS) is 14.3. The number of likely N-dealkylation sites (tertiary alicyclic amines) is 1. The lowest BCUT2D eigenvalue weighted by molar-refractivity contribution is -0.148. The maximum absolute atomic E-state index is 12.9. The van der Waals surface area contributed by atoms with Crippen LogP contribution in [0.4, 0.5) is 0 Å². The van der Waals surface area contributed by atoms with Gasteiger partial charge in [0.2, 0.25) is 5.91 Å². The fraction of sp³-hybridized carbons (Fsp3) is 0.346. The lowest BCUT2D eigenvalue weighted by Crippen LogP contribution is -2.41. The van der Waals surface area contributed by atoms with E-state index in [0.29, 0.717) is 31.7 Å². The van der Waals surface area contributed by atoms with Crippen LogP contribution in [0.5, 0.6) is 0 Å². The Labute approximate surface area is 199 Å². The molecule has 1 aliphatic heterocycles. The van der Waals surface area contributed by atoms with E-state index in [1.807, 2.05) is 29.3 Å². The number of hydrogen-bond donors (Lipinski definition) is 0. The number of rotatable bonds is 6. The fourth-order valence-electron chi connectivity index (χ4n) is 4.37. The summed E-state index contributed by atoms with van der Waals surface area (Å²) in [4.78, 5) is 31.2. The zero-order chi connectivity index (χ0) is 23.4. The Hall–Kier alpha value is -3.06. The van der Waals surface area contributed by atoms with Gasteiger partial charge in [-0.25, -0.2) is 4.98 Å². The summed E-state index contributed by atoms with van der Waals surface area (Å²) in [6.45, 7) is 5.36. The Kier molecular flexibility index (Phi) is 7.18. The first-order valence-electron chi connectivity index (χ1n) is 11.2. The van der Waals surface area contributed by atoms with Gasteiger partial charge >= 0.3 is 5.97 Å². The molecule has 0 atom stereocenters. The van der Waals surface area contributed by atoms with Gasteiger partial charge in [0.15, 0.2) is 5.16 Å². The van der Waals surface area contributed by atoms with E-state index in [9.17, 15) is 9.59 Å². The Morgan fingerprint density at radius 3 is 2.33 bits per heavy atom. The molecule has 1 saturated heterocycles. The monoisotopic (exact) mass is 463 g/mol. The van der Waals surface area contributed by atoms with Crippen LogP contribution in [0.2, 0.25) is 0 Å². The molecule has 2 aromatic carbocycles. The van der Waals surface area contributed by atoms with Gasteiger partial charge in [-0.1, -0.05) is 60.3 Å². The number of aryl methyl sites for hydroxylation is 2. The number of ether oxygens (including phenoxy) is 1. The smallest absolute Gasteiger partial charge is 0.308 e. The summed E-state index contributed by atoms with van der Waals surface area (Å²) in [5, 5.41) is 0.795. The Morgan fingerprint density at radius 2 is 1.70 bits per heavy atom. The number of carbonyl (C=O) groups excluding carboxylic acids is 2. The van der Waals surface area contributed by atoms with Gasteiger partial charge in [-0.15, -0.1) is 0 Å². The van der Waals surface area contributed by atoms with Crippen molar-refractivity contribution in [3.05, 3.63) is 65.9 Å². The molecule has 0 N–H and O–H groups in total. The van der Waals surface area contributed by atoms with Gasteiger partial charge in [0.25, 0.3) is 0 Å². The number of carbonyl (C=O) groups is 2. The Bertz CT molecular complexity index is 1110. The molecule has 33 heavy (non-hydrogen) atoms. The third-order valence-electron chi connectivity index (χ3n) is 6.17. The van der Waals surface area contributed by atoms with Crippen LogP contribution in [-0.2, 0) is 14.3 Å². The molecule has 0 spiro atoms. The van der Waals surface area contributed by atoms with Crippen molar-refractivity contribution in [1.82, 2.24) is 14.5 Å². The van der Waals surface area contributed by atoms with Crippen molar-refractivity contribution in [2.75, 3.05) is 26.0 Å². The first-order chi connectivity index (χ1) is 16.0. The van der Waals surface area contributed by atoms with Gasteiger partial charge in [0.05, 0.1) is 36.4 Å². The van der Waals surface area contributed by atoms with Crippen LogP contribution in [0, 0.1) is 19.8 Å². The van der Waals surface area contributed by atoms with Crippen LogP contribution in [0.1, 0.15) is 24.0 Å². The molecule has 1 aromatic heterocycles. The SMILES string of the molecule is COC(=O)C1CCN(C(=O)CSc2ncc(-c3ccccc3)n2-c2c(C)cccc2C)CC1. The highest BCUT2D eigenvalue weighted by molar-refractivity contribution is 7.99. The third-order valence-corrected chi connectivity index (χ3v) is 7.11. The zero-order valence-electron chi connectivity index (χ0n) is 19.3. The van der Waals surface area contributed by atoms with E-state index in [1.54, 1.807) is 0 Å². The molecule has 4 rings (SSSR count). The van der Waals surface area contributed by atoms with Crippen LogP contribution in [0.15, 0.2) is 59.9 Å². The van der Waals surface area contributed by atoms with E-state index in [2.05, 4.69) is 48.7 Å². The number of thioether (sulfide) groups is 1. The average molecular weight is 464 g/mol. The van der Waals surface area contributed by atoms with Gasteiger partial charge < -0.3 is 9.64 Å². The number of methoxy groups -OCH3 is 1. The molecule has 7 heteroatoms. The van der Waals surface area contributed by atoms with Crippen LogP contribution in [0.3, 0.4) is 0 Å². The molecule has 3 aromatic rings. The number of benzene rings is 2. The number of para-hydroxylation sites is 1. The van der Waals surface area contributed by atoms with E-state index in [1.165, 1.54) is 18.9 Å². The van der Waals surface area contributed by atoms with Crippen molar-refractivity contribution in [2.24, 2.45) is 5.92 Å². The number of piperidine rings is 1. The maximum atomic E-state index is 12.9. The molecule has 0 radical (unpaired) electrons. The zero-order valence-corrected chi connectivity index (χ0v) is 20.1. The van der Waals surface area contributed by atoms with Crippen molar-refractivity contribution in [3.63, 3.8) is 0 Å². The topological polar surface area (TPSA) is 64.4 Å². The van der Waals surface area contributed by atoms with Gasteiger partial charge in [-0.2, -0.15) is 0 Å². The lowest BCUT2D eigenvalue weighted by atomic mass is 9.97. The van der Waals surface area contributed by atoms with E-state index in [0.717, 1.165) is 33.2 Å². The molecule has 0 unspecified atom stereocenters. The number of imidazole rings is 1. The summed E-state index contributed by atoms with van der Waals surface area (Å²) in [6.07, 6.45) is 3.19. The second kappa shape index (κ2) is 10.3. The van der Waals surface area contributed by atoms with E-state index in [-0.39, 0.29) is 17.8 Å². The summed E-state index contributed by atoms with van der Waals surface area (Å²) >= 11 is 1.46. The minimum absolute atomic E-state index is 0.0700. The number of aromatic nitrogens is 2. The average Bonchev–Trinajstić information content (AvgIpc) is 3.26. The predicted molar refractivity (Wildman–Crippen MR) is 131 cm³/mol. The second-order valence-electron chi connectivity index (χ2n) is 8.33. The number of nitrogens with zero attached hydrogens (tertiary/aromatic N) is 3. The predicted octanol–water partition coefficient (Wildman–Crippen LogP) is 4.66. The fourth-order valence-corrected chi connectivity index (χ4v) is 5.25. The summed E-state index contributed by atoms with van der Waals surface area (Å²) in [6, 6.07) is 16.4. The molecular formula is C26H29N3O3S. The first-order valence-corrected chi connectivity index (χ1v) is 12.2. The Balaban J connectivity index is 1.56. The van der Waals surface area contributed by atoms with Crippen LogP contribution in [0.25, 0.3) is 16.9 Å². The van der Waals surface area contributed by atoms with Crippen LogP contribution >= 0.6 is 11.8 Å². The van der Waals surface area contributed by atoms with Crippen molar-refractivity contribution in [1.29, 1.82) is 0 Å². The molecule has 172 valence electrons. The van der Waals surface area contributed by atoms with Gasteiger partial charge in [-0.3, -0.25) is 14.2 Å². The standard InChI is InChI=1S/C26H29N3O3S/c1-18-8-7-9-19(2)24(18)29-22(20-10-5-4-6-11-20)16-27-26(29)33-17-23(30)28-14-12-21(13-15-28)25(31)32-3/h4-11,16,21H,12-15,17H2,1-3H3. The summed E-state index contributed by atoms with van der Waals surface area (Å²) in [5.74, 6) is 0.0863. The molecular weight excluding hydrogens is 434 g/mol. The van der Waals surface area contributed by atoms with Crippen molar-refractivity contribution < 1.29 is 14.3 Å². The van der Waals surface area contributed by atoms with Gasteiger partial charge in [0.1, 0.15) is 0 Å². The highest BCUT2D eigenvalue weighted by Gasteiger charge is 2.28. The quantitative estimate of drug-likeness (QED) is 0.393. The number of esters is 1. The summed E-state index contributed by atoms with van der Waals surface area (Å²) in [7, 11) is 1.42. The molecule has 2 heterocycles. The van der Waals surface area contributed by atoms with E-state index in [4.69, 9.17) is 9.72 Å². The third kappa shape index (κ3) is 4.98. The number of amides is 1. The van der Waals surface area contributed by atoms with Crippen LogP contribution < -0.4 is 0 Å².